The molecule has 0 aliphatic heterocycles. The quantitative estimate of drug-likeness (QED) is 0.0682. The van der Waals surface area contributed by atoms with Crippen molar-refractivity contribution in [1.82, 2.24) is 24.9 Å². The van der Waals surface area contributed by atoms with Gasteiger partial charge in [0.25, 0.3) is 0 Å². The van der Waals surface area contributed by atoms with Crippen LogP contribution >= 0.6 is 11.6 Å². The minimum Gasteiger partial charge on any atom is -0.361 e. The standard InChI is InChI=1S/C34H57ClN6O/c1-6-7-8-9-10-11-12-13-14-15-16-17-18-19-20-21-26-40(5)42-27-36-29-24-22-28(23-25-29)32-37-33-30(35)31(34(2,3)4)38-41(33)39-32/h22-25,36,38H,6-21,26-27H2,1-5H3. The predicted molar refractivity (Wildman–Crippen MR) is 178 cm³/mol. The van der Waals surface area contributed by atoms with Crippen molar-refractivity contribution in [2.75, 3.05) is 25.6 Å². The number of benzene rings is 1. The van der Waals surface area contributed by atoms with Crippen LogP contribution in [0.2, 0.25) is 5.02 Å². The molecule has 0 radical (unpaired) electrons. The number of hydrogen-bond donors (Lipinski definition) is 2. The Morgan fingerprint density at radius 2 is 1.36 bits per heavy atom. The molecule has 0 saturated heterocycles. The van der Waals surface area contributed by atoms with Crippen molar-refractivity contribution >= 4 is 22.9 Å². The average Bonchev–Trinajstić information content (AvgIpc) is 3.52. The van der Waals surface area contributed by atoms with Crippen LogP contribution in [-0.4, -0.2) is 45.2 Å². The van der Waals surface area contributed by atoms with Crippen LogP contribution < -0.4 is 5.32 Å². The van der Waals surface area contributed by atoms with Gasteiger partial charge in [0.15, 0.2) is 11.5 Å². The number of aromatic amines is 1. The van der Waals surface area contributed by atoms with Gasteiger partial charge in [0.2, 0.25) is 0 Å². The lowest BCUT2D eigenvalue weighted by Gasteiger charge is -2.17. The molecule has 0 spiro atoms. The minimum atomic E-state index is -0.102. The van der Waals surface area contributed by atoms with E-state index in [0.29, 0.717) is 23.2 Å². The van der Waals surface area contributed by atoms with Gasteiger partial charge >= 0.3 is 0 Å². The molecule has 2 N–H and O–H groups in total. The van der Waals surface area contributed by atoms with Crippen molar-refractivity contribution in [3.8, 4) is 11.4 Å². The third kappa shape index (κ3) is 11.9. The Labute approximate surface area is 260 Å². The van der Waals surface area contributed by atoms with E-state index in [1.54, 1.807) is 4.63 Å². The van der Waals surface area contributed by atoms with Crippen molar-refractivity contribution in [1.29, 1.82) is 0 Å². The van der Waals surface area contributed by atoms with Gasteiger partial charge in [-0.1, -0.05) is 136 Å². The number of hydroxylamine groups is 2. The molecule has 7 nitrogen and oxygen atoms in total. The van der Waals surface area contributed by atoms with Crippen LogP contribution in [0, 0.1) is 0 Å². The number of anilines is 1. The zero-order valence-electron chi connectivity index (χ0n) is 27.1. The molecular formula is C34H57ClN6O. The number of nitrogens with one attached hydrogen (secondary N) is 2. The normalized spacial score (nSPS) is 12.2. The fourth-order valence-electron chi connectivity index (χ4n) is 5.33. The molecule has 1 aromatic carbocycles. The maximum atomic E-state index is 6.57. The number of halogens is 1. The van der Waals surface area contributed by atoms with E-state index in [2.05, 4.69) is 48.2 Å². The van der Waals surface area contributed by atoms with Crippen LogP contribution in [0.5, 0.6) is 0 Å². The van der Waals surface area contributed by atoms with E-state index in [0.717, 1.165) is 23.5 Å². The number of aromatic nitrogens is 4. The highest BCUT2D eigenvalue weighted by atomic mass is 35.5. The lowest BCUT2D eigenvalue weighted by molar-refractivity contribution is -0.132. The summed E-state index contributed by atoms with van der Waals surface area (Å²) in [5.74, 6) is 0.643. The Kier molecular flexibility index (Phi) is 15.2. The lowest BCUT2D eigenvalue weighted by atomic mass is 9.92. The van der Waals surface area contributed by atoms with Gasteiger partial charge in [0.1, 0.15) is 11.8 Å². The highest BCUT2D eigenvalue weighted by Crippen LogP contribution is 2.32. The lowest BCUT2D eigenvalue weighted by Crippen LogP contribution is -2.23. The Morgan fingerprint density at radius 1 is 0.833 bits per heavy atom. The first kappa shape index (κ1) is 34.4. The van der Waals surface area contributed by atoms with Crippen LogP contribution in [-0.2, 0) is 10.3 Å². The topological polar surface area (TPSA) is 70.5 Å². The van der Waals surface area contributed by atoms with Crippen LogP contribution in [0.3, 0.4) is 0 Å². The summed E-state index contributed by atoms with van der Waals surface area (Å²) < 4.78 is 1.66. The van der Waals surface area contributed by atoms with Gasteiger partial charge in [-0.15, -0.1) is 5.10 Å². The van der Waals surface area contributed by atoms with E-state index in [1.165, 1.54) is 103 Å². The molecule has 0 amide bonds. The van der Waals surface area contributed by atoms with E-state index in [9.17, 15) is 0 Å². The third-order valence-electron chi connectivity index (χ3n) is 8.02. The zero-order chi connectivity index (χ0) is 30.2. The summed E-state index contributed by atoms with van der Waals surface area (Å²) in [6, 6.07) is 8.06. The number of H-pyrrole nitrogens is 1. The SMILES string of the molecule is CCCCCCCCCCCCCCCCCCN(C)OCNc1ccc(-c2nc3c(Cl)c(C(C)(C)C)[nH]n3n2)cc1. The summed E-state index contributed by atoms with van der Waals surface area (Å²) in [5.41, 5.74) is 3.42. The number of nitrogens with zero attached hydrogens (tertiary/aromatic N) is 4. The second-order valence-corrected chi connectivity index (χ2v) is 13.3. The molecule has 0 atom stereocenters. The maximum absolute atomic E-state index is 6.57. The van der Waals surface area contributed by atoms with Crippen LogP contribution in [0.1, 0.15) is 136 Å². The van der Waals surface area contributed by atoms with Gasteiger partial charge in [-0.2, -0.15) is 9.69 Å². The van der Waals surface area contributed by atoms with E-state index in [4.69, 9.17) is 16.4 Å². The molecule has 0 fully saturated rings. The molecule has 42 heavy (non-hydrogen) atoms. The molecule has 0 unspecified atom stereocenters. The smallest absolute Gasteiger partial charge is 0.194 e. The fraction of sp³-hybridized carbons (Fsp3) is 0.706. The molecule has 236 valence electrons. The fourth-order valence-corrected chi connectivity index (χ4v) is 5.78. The monoisotopic (exact) mass is 600 g/mol. The maximum Gasteiger partial charge on any atom is 0.194 e. The second kappa shape index (κ2) is 18.5. The van der Waals surface area contributed by atoms with Crippen LogP contribution in [0.4, 0.5) is 5.69 Å². The van der Waals surface area contributed by atoms with Crippen molar-refractivity contribution in [3.05, 3.63) is 35.0 Å². The van der Waals surface area contributed by atoms with E-state index >= 15 is 0 Å². The summed E-state index contributed by atoms with van der Waals surface area (Å²) in [4.78, 5) is 10.5. The van der Waals surface area contributed by atoms with Gasteiger partial charge < -0.3 is 5.32 Å². The highest BCUT2D eigenvalue weighted by molar-refractivity contribution is 6.34. The van der Waals surface area contributed by atoms with Gasteiger partial charge in [-0.3, -0.25) is 9.94 Å². The predicted octanol–water partition coefficient (Wildman–Crippen LogP) is 10.2. The molecule has 0 aliphatic carbocycles. The van der Waals surface area contributed by atoms with Crippen molar-refractivity contribution in [3.63, 3.8) is 0 Å². The number of hydrogen-bond acceptors (Lipinski definition) is 5. The number of unbranched alkanes of at least 4 members (excludes halogenated alkanes) is 15. The first-order valence-corrected chi connectivity index (χ1v) is 17.0. The van der Waals surface area contributed by atoms with Crippen LogP contribution in [0.15, 0.2) is 24.3 Å². The summed E-state index contributed by atoms with van der Waals surface area (Å²) in [6.07, 6.45) is 22.2. The average molecular weight is 601 g/mol. The Morgan fingerprint density at radius 3 is 1.86 bits per heavy atom. The summed E-state index contributed by atoms with van der Waals surface area (Å²) >= 11 is 6.57. The third-order valence-corrected chi connectivity index (χ3v) is 8.38. The first-order chi connectivity index (χ1) is 20.3. The van der Waals surface area contributed by atoms with E-state index in [1.807, 2.05) is 36.4 Å². The molecular weight excluding hydrogens is 544 g/mol. The number of fused-ring (bicyclic) bond motifs is 1. The molecule has 0 saturated carbocycles. The summed E-state index contributed by atoms with van der Waals surface area (Å²) in [6.45, 7) is 10.0. The molecule has 2 heterocycles. The van der Waals surface area contributed by atoms with Gasteiger partial charge in [0.05, 0.1) is 5.69 Å². The Hall–Kier alpha value is -2.09. The summed E-state index contributed by atoms with van der Waals surface area (Å²) in [5, 5.41) is 13.7. The van der Waals surface area contributed by atoms with Gasteiger partial charge in [-0.05, 0) is 30.7 Å². The van der Waals surface area contributed by atoms with Crippen molar-refractivity contribution < 1.29 is 4.84 Å². The Balaban J connectivity index is 1.19. The van der Waals surface area contributed by atoms with Crippen molar-refractivity contribution in [2.24, 2.45) is 0 Å². The highest BCUT2D eigenvalue weighted by Gasteiger charge is 2.24. The van der Waals surface area contributed by atoms with E-state index < -0.39 is 0 Å². The van der Waals surface area contributed by atoms with Crippen molar-refractivity contribution in [2.45, 2.75) is 136 Å². The van der Waals surface area contributed by atoms with Gasteiger partial charge in [-0.25, -0.2) is 4.98 Å². The zero-order valence-corrected chi connectivity index (χ0v) is 27.9. The number of rotatable bonds is 22. The molecule has 0 bridgehead atoms. The molecule has 3 aromatic rings. The van der Waals surface area contributed by atoms with E-state index in [-0.39, 0.29) is 5.41 Å². The molecule has 8 heteroatoms. The minimum absolute atomic E-state index is 0.102. The summed E-state index contributed by atoms with van der Waals surface area (Å²) in [7, 11) is 2.01. The first-order valence-electron chi connectivity index (χ1n) is 16.6. The Bertz CT molecular complexity index is 1130. The largest absolute Gasteiger partial charge is 0.361 e. The molecule has 3 rings (SSSR count). The molecule has 0 aliphatic rings. The second-order valence-electron chi connectivity index (χ2n) is 12.9. The van der Waals surface area contributed by atoms with Gasteiger partial charge in [0, 0.05) is 30.3 Å². The van der Waals surface area contributed by atoms with Crippen LogP contribution in [0.25, 0.3) is 17.0 Å². The molecule has 2 aromatic heterocycles.